The lowest BCUT2D eigenvalue weighted by Gasteiger charge is -2.46. The van der Waals surface area contributed by atoms with Crippen molar-refractivity contribution in [2.75, 3.05) is 13.7 Å². The van der Waals surface area contributed by atoms with Gasteiger partial charge in [-0.25, -0.2) is 0 Å². The van der Waals surface area contributed by atoms with Gasteiger partial charge in [-0.15, -0.1) is 0 Å². The van der Waals surface area contributed by atoms with Crippen LogP contribution in [0.2, 0.25) is 0 Å². The first-order valence-corrected chi connectivity index (χ1v) is 20.3. The third-order valence-electron chi connectivity index (χ3n) is 10.5. The highest BCUT2D eigenvalue weighted by atomic mass is 16.7. The van der Waals surface area contributed by atoms with Crippen molar-refractivity contribution in [1.82, 2.24) is 0 Å². The Morgan fingerprint density at radius 2 is 1.32 bits per heavy atom. The van der Waals surface area contributed by atoms with Gasteiger partial charge in [-0.1, -0.05) is 112 Å². The van der Waals surface area contributed by atoms with Crippen molar-refractivity contribution in [3.05, 3.63) is 97.7 Å². The standard InChI is InChI=1S/C45H68O14/c1-6-23-57-44(55)42-39(52)29-45(56-5)28-36(49)25-38(51)37(50)22-21-34(47)24-35(48)27-41(53)58-32(4)31(3)43(54)30(2)19-17-15-13-11-9-7-8-10-12-14-16-18-20-33(46)26-40(42)59-45/h6-20,30-40,42-43,46-52,54H,1,21-29H2,2-5H3/b8-7+,11-9+,12-10+,15-13+,16-14+,19-17+,20-18+/t30-,31-,32-,33-,34+,35+,36-,37+,38+,39-,40-,42+,43+,45+/m0/s1. The number of cyclic esters (lactones) is 1. The number of aliphatic hydroxyl groups excluding tert-OH is 8. The average molecular weight is 833 g/mol. The number of carbonyl (C=O) groups excluding carboxylic acids is 2. The van der Waals surface area contributed by atoms with Crippen LogP contribution in [-0.2, 0) is 28.5 Å². The zero-order chi connectivity index (χ0) is 44.0. The van der Waals surface area contributed by atoms with E-state index in [1.54, 1.807) is 38.2 Å². The molecule has 0 aromatic rings. The Morgan fingerprint density at radius 1 is 0.746 bits per heavy atom. The fourth-order valence-electron chi connectivity index (χ4n) is 6.94. The number of hydrogen-bond acceptors (Lipinski definition) is 14. The minimum absolute atomic E-state index is 0.0421. The highest BCUT2D eigenvalue weighted by Crippen LogP contribution is 2.40. The molecular weight excluding hydrogens is 764 g/mol. The van der Waals surface area contributed by atoms with Gasteiger partial charge in [-0.3, -0.25) is 9.59 Å². The average Bonchev–Trinajstić information content (AvgIpc) is 3.17. The van der Waals surface area contributed by atoms with Gasteiger partial charge >= 0.3 is 11.9 Å². The van der Waals surface area contributed by atoms with Crippen molar-refractivity contribution < 1.29 is 69.4 Å². The van der Waals surface area contributed by atoms with Crippen molar-refractivity contribution in [2.45, 2.75) is 139 Å². The van der Waals surface area contributed by atoms with Crippen LogP contribution in [0.15, 0.2) is 97.7 Å². The number of allylic oxidation sites excluding steroid dienone is 12. The molecule has 0 aromatic carbocycles. The fourth-order valence-corrected chi connectivity index (χ4v) is 6.94. The van der Waals surface area contributed by atoms with E-state index >= 15 is 0 Å². The highest BCUT2D eigenvalue weighted by Gasteiger charge is 2.51. The summed E-state index contributed by atoms with van der Waals surface area (Å²) in [6.07, 6.45) is 12.8. The molecule has 2 rings (SSSR count). The SMILES string of the molecule is C=CCOC(=O)[C@H]1[C@@H]2C[C@@H](O)/C=C/C=C/C=C/C=C/C=C/C=C/C=C/[C@H](C)[C@@H](O)[C@@H](C)[C@H](C)OC(=O)C[C@H](O)C[C@H](O)CC[C@@H](O)[C@H](O)C[C@H](O)C[C@](OC)(C[C@@H]1O)O2. The van der Waals surface area contributed by atoms with Crippen LogP contribution in [0.5, 0.6) is 0 Å². The molecule has 0 unspecified atom stereocenters. The smallest absolute Gasteiger partial charge is 0.314 e. The van der Waals surface area contributed by atoms with E-state index in [-0.39, 0.29) is 57.5 Å². The molecule has 14 atom stereocenters. The van der Waals surface area contributed by atoms with E-state index in [0.717, 1.165) is 0 Å². The monoisotopic (exact) mass is 832 g/mol. The van der Waals surface area contributed by atoms with Crippen LogP contribution in [-0.4, -0.2) is 133 Å². The molecule has 1 fully saturated rings. The van der Waals surface area contributed by atoms with Gasteiger partial charge in [0.25, 0.3) is 0 Å². The zero-order valence-corrected chi connectivity index (χ0v) is 34.8. The molecule has 0 spiro atoms. The number of rotatable bonds is 4. The normalized spacial score (nSPS) is 40.9. The first kappa shape index (κ1) is 51.6. The van der Waals surface area contributed by atoms with Crippen molar-refractivity contribution >= 4 is 11.9 Å². The van der Waals surface area contributed by atoms with Gasteiger partial charge in [0.2, 0.25) is 0 Å². The molecule has 0 radical (unpaired) electrons. The van der Waals surface area contributed by atoms with Crippen LogP contribution in [0.25, 0.3) is 0 Å². The van der Waals surface area contributed by atoms with Crippen LogP contribution in [0.4, 0.5) is 0 Å². The van der Waals surface area contributed by atoms with Crippen LogP contribution in [0, 0.1) is 17.8 Å². The lowest BCUT2D eigenvalue weighted by Crippen LogP contribution is -2.57. The molecule has 0 aliphatic carbocycles. The van der Waals surface area contributed by atoms with Crippen LogP contribution in [0.1, 0.15) is 72.1 Å². The summed E-state index contributed by atoms with van der Waals surface area (Å²) in [6.45, 7) is 8.70. The summed E-state index contributed by atoms with van der Waals surface area (Å²) in [5.74, 6) is -4.99. The molecule has 0 aromatic heterocycles. The van der Waals surface area contributed by atoms with Gasteiger partial charge in [-0.2, -0.15) is 0 Å². The van der Waals surface area contributed by atoms with E-state index in [4.69, 9.17) is 18.9 Å². The predicted octanol–water partition coefficient (Wildman–Crippen LogP) is 3.19. The predicted molar refractivity (Wildman–Crippen MR) is 222 cm³/mol. The maximum absolute atomic E-state index is 13.0. The minimum Gasteiger partial charge on any atom is -0.462 e. The Kier molecular flexibility index (Phi) is 23.9. The summed E-state index contributed by atoms with van der Waals surface area (Å²) in [6, 6.07) is 0. The van der Waals surface area contributed by atoms with Crippen molar-refractivity contribution in [1.29, 1.82) is 0 Å². The number of methoxy groups -OCH3 is 1. The number of ether oxygens (including phenoxy) is 4. The highest BCUT2D eigenvalue weighted by molar-refractivity contribution is 5.74. The summed E-state index contributed by atoms with van der Waals surface area (Å²) in [5, 5.41) is 86.4. The summed E-state index contributed by atoms with van der Waals surface area (Å²) < 4.78 is 22.6. The quantitative estimate of drug-likeness (QED) is 0.150. The largest absolute Gasteiger partial charge is 0.462 e. The fraction of sp³-hybridized carbons (Fsp3) is 0.600. The molecule has 14 nitrogen and oxygen atoms in total. The molecule has 2 bridgehead atoms. The van der Waals surface area contributed by atoms with E-state index in [0.29, 0.717) is 0 Å². The molecule has 8 N–H and O–H groups in total. The van der Waals surface area contributed by atoms with E-state index in [1.807, 2.05) is 61.6 Å². The van der Waals surface area contributed by atoms with Gasteiger partial charge in [0.05, 0.1) is 61.4 Å². The number of carbonyl (C=O) groups is 2. The van der Waals surface area contributed by atoms with Gasteiger partial charge in [0, 0.05) is 44.6 Å². The molecule has 2 heterocycles. The Hall–Kier alpha value is -3.54. The Bertz CT molecular complexity index is 1470. The second-order valence-electron chi connectivity index (χ2n) is 15.4. The number of fused-ring (bicyclic) bond motifs is 2. The second kappa shape index (κ2) is 27.3. The number of hydrogen-bond donors (Lipinski definition) is 8. The first-order valence-electron chi connectivity index (χ1n) is 20.3. The lowest BCUT2D eigenvalue weighted by molar-refractivity contribution is -0.311. The van der Waals surface area contributed by atoms with E-state index in [9.17, 15) is 50.4 Å². The summed E-state index contributed by atoms with van der Waals surface area (Å²) in [4.78, 5) is 25.6. The second-order valence-corrected chi connectivity index (χ2v) is 15.4. The summed E-state index contributed by atoms with van der Waals surface area (Å²) in [5.41, 5.74) is 0. The molecule has 14 heteroatoms. The third-order valence-corrected chi connectivity index (χ3v) is 10.5. The maximum atomic E-state index is 13.0. The van der Waals surface area contributed by atoms with Gasteiger partial charge < -0.3 is 59.8 Å². The van der Waals surface area contributed by atoms with Gasteiger partial charge in [0.1, 0.15) is 18.6 Å². The topological polar surface area (TPSA) is 233 Å². The first-order chi connectivity index (χ1) is 28.0. The Balaban J connectivity index is 2.27. The molecular formula is C45H68O14. The molecule has 1 saturated heterocycles. The van der Waals surface area contributed by atoms with E-state index in [1.165, 1.54) is 19.3 Å². The lowest BCUT2D eigenvalue weighted by atomic mass is 9.82. The van der Waals surface area contributed by atoms with Crippen LogP contribution >= 0.6 is 0 Å². The summed E-state index contributed by atoms with van der Waals surface area (Å²) >= 11 is 0. The molecule has 2 aliphatic heterocycles. The van der Waals surface area contributed by atoms with E-state index in [2.05, 4.69) is 6.58 Å². The number of aliphatic hydroxyl groups is 8. The minimum atomic E-state index is -1.65. The van der Waals surface area contributed by atoms with Gasteiger partial charge in [0.15, 0.2) is 5.79 Å². The molecule has 0 amide bonds. The molecule has 2 aliphatic rings. The molecule has 332 valence electrons. The Morgan fingerprint density at radius 3 is 1.90 bits per heavy atom. The van der Waals surface area contributed by atoms with Gasteiger partial charge in [-0.05, 0) is 26.2 Å². The summed E-state index contributed by atoms with van der Waals surface area (Å²) in [7, 11) is 1.30. The van der Waals surface area contributed by atoms with E-state index < -0.39 is 97.0 Å². The molecule has 0 saturated carbocycles. The van der Waals surface area contributed by atoms with Crippen molar-refractivity contribution in [3.8, 4) is 0 Å². The zero-order valence-electron chi connectivity index (χ0n) is 34.8. The molecule has 59 heavy (non-hydrogen) atoms. The maximum Gasteiger partial charge on any atom is 0.314 e. The third kappa shape index (κ3) is 19.2. The Labute approximate surface area is 348 Å². The van der Waals surface area contributed by atoms with Crippen molar-refractivity contribution in [2.24, 2.45) is 17.8 Å². The number of esters is 2. The van der Waals surface area contributed by atoms with Crippen molar-refractivity contribution in [3.63, 3.8) is 0 Å². The van der Waals surface area contributed by atoms with Crippen LogP contribution in [0.3, 0.4) is 0 Å². The van der Waals surface area contributed by atoms with Crippen LogP contribution < -0.4 is 0 Å².